The number of hydrogen-bond acceptors (Lipinski definition) is 4. The molecule has 0 spiro atoms. The number of hydrogen-bond donors (Lipinski definition) is 0. The lowest BCUT2D eigenvalue weighted by atomic mass is 10.2. The third-order valence-electron chi connectivity index (χ3n) is 3.78. The summed E-state index contributed by atoms with van der Waals surface area (Å²) in [5.74, 6) is -0.0394. The Balaban J connectivity index is 1.86. The fourth-order valence-electron chi connectivity index (χ4n) is 2.71. The number of aromatic nitrogens is 1. The molecule has 96 valence electrons. The molecule has 1 aromatic heterocycles. The van der Waals surface area contributed by atoms with Gasteiger partial charge in [-0.25, -0.2) is 4.79 Å². The topological polar surface area (TPSA) is 53.5 Å². The molecule has 0 aromatic carbocycles. The number of nitrogens with zero attached hydrogens (tertiary/aromatic N) is 3. The molecule has 3 heterocycles. The standard InChI is InChI=1S/C12H15N3O2S/c1-7-9(8(2)18-13-7)6-15-11(16)10-4-3-5-14(10)12(15)17/h10H,3-6H2,1-2H3/t10-/m1/s1. The van der Waals surface area contributed by atoms with Crippen LogP contribution in [0.3, 0.4) is 0 Å². The summed E-state index contributed by atoms with van der Waals surface area (Å²) in [5, 5.41) is 0. The molecule has 5 nitrogen and oxygen atoms in total. The molecule has 3 amide bonds. The number of carbonyl (C=O) groups excluding carboxylic acids is 2. The van der Waals surface area contributed by atoms with Gasteiger partial charge in [-0.3, -0.25) is 9.69 Å². The van der Waals surface area contributed by atoms with E-state index in [0.717, 1.165) is 29.0 Å². The van der Waals surface area contributed by atoms with Crippen molar-refractivity contribution in [1.82, 2.24) is 14.2 Å². The second kappa shape index (κ2) is 4.05. The van der Waals surface area contributed by atoms with Gasteiger partial charge in [-0.1, -0.05) is 0 Å². The van der Waals surface area contributed by atoms with Crippen LogP contribution in [-0.4, -0.2) is 38.7 Å². The van der Waals surface area contributed by atoms with Crippen LogP contribution in [-0.2, 0) is 11.3 Å². The first kappa shape index (κ1) is 11.6. The number of imide groups is 1. The van der Waals surface area contributed by atoms with Crippen LogP contribution in [0, 0.1) is 13.8 Å². The molecule has 6 heteroatoms. The van der Waals surface area contributed by atoms with Crippen molar-refractivity contribution < 1.29 is 9.59 Å². The number of urea groups is 1. The Labute approximate surface area is 110 Å². The van der Waals surface area contributed by atoms with E-state index in [1.165, 1.54) is 16.4 Å². The average Bonchev–Trinajstić information content (AvgIpc) is 2.98. The molecule has 2 aliphatic rings. The molecule has 1 aromatic rings. The Bertz CT molecular complexity index is 484. The van der Waals surface area contributed by atoms with Gasteiger partial charge in [0.15, 0.2) is 0 Å². The summed E-state index contributed by atoms with van der Waals surface area (Å²) in [5.41, 5.74) is 1.94. The van der Waals surface area contributed by atoms with E-state index in [-0.39, 0.29) is 18.0 Å². The van der Waals surface area contributed by atoms with Crippen LogP contribution in [0.1, 0.15) is 29.0 Å². The van der Waals surface area contributed by atoms with E-state index in [4.69, 9.17) is 0 Å². The molecular formula is C12H15N3O2S. The molecule has 1 atom stereocenters. The van der Waals surface area contributed by atoms with Gasteiger partial charge in [0.05, 0.1) is 12.2 Å². The lowest BCUT2D eigenvalue weighted by molar-refractivity contribution is -0.128. The number of fused-ring (bicyclic) bond motifs is 1. The molecular weight excluding hydrogens is 250 g/mol. The van der Waals surface area contributed by atoms with Crippen LogP contribution in [0.2, 0.25) is 0 Å². The van der Waals surface area contributed by atoms with Crippen LogP contribution in [0.5, 0.6) is 0 Å². The molecule has 2 aliphatic heterocycles. The predicted octanol–water partition coefficient (Wildman–Crippen LogP) is 1.69. The molecule has 0 saturated carbocycles. The molecule has 2 saturated heterocycles. The summed E-state index contributed by atoms with van der Waals surface area (Å²) in [7, 11) is 0. The monoisotopic (exact) mass is 265 g/mol. The predicted molar refractivity (Wildman–Crippen MR) is 67.3 cm³/mol. The molecule has 0 bridgehead atoms. The molecule has 3 rings (SSSR count). The average molecular weight is 265 g/mol. The fourth-order valence-corrected chi connectivity index (χ4v) is 3.42. The Morgan fingerprint density at radius 3 is 2.78 bits per heavy atom. The van der Waals surface area contributed by atoms with Crippen molar-refractivity contribution in [1.29, 1.82) is 0 Å². The van der Waals surface area contributed by atoms with Gasteiger partial charge in [0, 0.05) is 17.0 Å². The Hall–Kier alpha value is -1.43. The number of aryl methyl sites for hydroxylation is 2. The van der Waals surface area contributed by atoms with Gasteiger partial charge in [-0.05, 0) is 38.2 Å². The molecule has 0 radical (unpaired) electrons. The van der Waals surface area contributed by atoms with Gasteiger partial charge in [0.25, 0.3) is 5.91 Å². The number of carbonyl (C=O) groups is 2. The number of rotatable bonds is 2. The maximum Gasteiger partial charge on any atom is 0.327 e. The fraction of sp³-hybridized carbons (Fsp3) is 0.583. The molecule has 2 fully saturated rings. The van der Waals surface area contributed by atoms with E-state index in [1.54, 1.807) is 4.90 Å². The third-order valence-corrected chi connectivity index (χ3v) is 4.66. The quantitative estimate of drug-likeness (QED) is 0.765. The van der Waals surface area contributed by atoms with Crippen LogP contribution in [0.15, 0.2) is 0 Å². The van der Waals surface area contributed by atoms with Crippen LogP contribution in [0.4, 0.5) is 4.79 Å². The highest BCUT2D eigenvalue weighted by molar-refractivity contribution is 7.05. The zero-order valence-corrected chi connectivity index (χ0v) is 11.3. The maximum absolute atomic E-state index is 12.2. The normalized spacial score (nSPS) is 23.1. The van der Waals surface area contributed by atoms with Gasteiger partial charge in [-0.15, -0.1) is 0 Å². The molecule has 0 unspecified atom stereocenters. The summed E-state index contributed by atoms with van der Waals surface area (Å²) in [4.78, 5) is 28.5. The van der Waals surface area contributed by atoms with Crippen molar-refractivity contribution in [2.24, 2.45) is 0 Å². The Morgan fingerprint density at radius 1 is 1.39 bits per heavy atom. The van der Waals surface area contributed by atoms with Crippen LogP contribution >= 0.6 is 11.5 Å². The second-order valence-electron chi connectivity index (χ2n) is 4.86. The van der Waals surface area contributed by atoms with E-state index in [0.29, 0.717) is 13.1 Å². The van der Waals surface area contributed by atoms with Crippen molar-refractivity contribution in [2.75, 3.05) is 6.54 Å². The second-order valence-corrected chi connectivity index (χ2v) is 5.84. The first-order chi connectivity index (χ1) is 8.59. The van der Waals surface area contributed by atoms with Gasteiger partial charge < -0.3 is 4.90 Å². The highest BCUT2D eigenvalue weighted by Crippen LogP contribution is 2.29. The van der Waals surface area contributed by atoms with Crippen LogP contribution < -0.4 is 0 Å². The smallest absolute Gasteiger partial charge is 0.312 e. The molecule has 18 heavy (non-hydrogen) atoms. The Kier molecular flexibility index (Phi) is 2.62. The summed E-state index contributed by atoms with van der Waals surface area (Å²) < 4.78 is 4.26. The first-order valence-corrected chi connectivity index (χ1v) is 6.90. The van der Waals surface area contributed by atoms with Crippen molar-refractivity contribution in [3.63, 3.8) is 0 Å². The zero-order chi connectivity index (χ0) is 12.9. The lowest BCUT2D eigenvalue weighted by Gasteiger charge is -2.15. The first-order valence-electron chi connectivity index (χ1n) is 6.13. The SMILES string of the molecule is Cc1nsc(C)c1CN1C(=O)[C@H]2CCCN2C1=O. The third kappa shape index (κ3) is 1.55. The minimum atomic E-state index is -0.204. The molecule has 0 aliphatic carbocycles. The van der Waals surface area contributed by atoms with E-state index < -0.39 is 0 Å². The molecule has 0 N–H and O–H groups in total. The minimum Gasteiger partial charge on any atom is -0.312 e. The summed E-state index contributed by atoms with van der Waals surface area (Å²) >= 11 is 1.43. The zero-order valence-electron chi connectivity index (χ0n) is 10.5. The lowest BCUT2D eigenvalue weighted by Crippen LogP contribution is -2.32. The summed E-state index contributed by atoms with van der Waals surface area (Å²) in [6.45, 7) is 4.99. The summed E-state index contributed by atoms with van der Waals surface area (Å²) in [6, 6.07) is -0.336. The van der Waals surface area contributed by atoms with E-state index in [9.17, 15) is 9.59 Å². The largest absolute Gasteiger partial charge is 0.327 e. The highest BCUT2D eigenvalue weighted by Gasteiger charge is 2.47. The van der Waals surface area contributed by atoms with Gasteiger partial charge in [-0.2, -0.15) is 4.37 Å². The van der Waals surface area contributed by atoms with E-state index >= 15 is 0 Å². The van der Waals surface area contributed by atoms with Gasteiger partial charge >= 0.3 is 6.03 Å². The van der Waals surface area contributed by atoms with Crippen molar-refractivity contribution >= 4 is 23.5 Å². The highest BCUT2D eigenvalue weighted by atomic mass is 32.1. The van der Waals surface area contributed by atoms with Crippen LogP contribution in [0.25, 0.3) is 0 Å². The van der Waals surface area contributed by atoms with E-state index in [1.807, 2.05) is 13.8 Å². The van der Waals surface area contributed by atoms with E-state index in [2.05, 4.69) is 4.37 Å². The van der Waals surface area contributed by atoms with Gasteiger partial charge in [0.1, 0.15) is 6.04 Å². The van der Waals surface area contributed by atoms with Crippen molar-refractivity contribution in [3.05, 3.63) is 16.1 Å². The summed E-state index contributed by atoms with van der Waals surface area (Å²) in [6.07, 6.45) is 1.75. The van der Waals surface area contributed by atoms with Gasteiger partial charge in [0.2, 0.25) is 0 Å². The Morgan fingerprint density at radius 2 is 2.17 bits per heavy atom. The van der Waals surface area contributed by atoms with Crippen molar-refractivity contribution in [3.8, 4) is 0 Å². The minimum absolute atomic E-state index is 0.0394. The number of amides is 3. The van der Waals surface area contributed by atoms with Crippen molar-refractivity contribution in [2.45, 2.75) is 39.3 Å². The maximum atomic E-state index is 12.2.